The molecule has 1 aliphatic carbocycles. The summed E-state index contributed by atoms with van der Waals surface area (Å²) < 4.78 is 47.0. The van der Waals surface area contributed by atoms with Crippen LogP contribution < -0.4 is 10.1 Å². The second-order valence-electron chi connectivity index (χ2n) is 8.77. The zero-order valence-corrected chi connectivity index (χ0v) is 20.3. The normalized spacial score (nSPS) is 14.4. The second kappa shape index (κ2) is 9.45. The maximum absolute atomic E-state index is 13.4. The van der Waals surface area contributed by atoms with Crippen molar-refractivity contribution in [2.45, 2.75) is 51.7 Å². The first-order chi connectivity index (χ1) is 16.8. The predicted octanol–water partition coefficient (Wildman–Crippen LogP) is 6.95. The van der Waals surface area contributed by atoms with Crippen LogP contribution in [-0.2, 0) is 11.0 Å². The van der Waals surface area contributed by atoms with Gasteiger partial charge in [-0.25, -0.2) is 0 Å². The van der Waals surface area contributed by atoms with Gasteiger partial charge in [-0.3, -0.25) is 19.6 Å². The number of hydrogen-bond donors (Lipinski definition) is 1. The lowest BCUT2D eigenvalue weighted by Crippen LogP contribution is -2.26. The molecule has 190 valence electrons. The first-order valence-corrected chi connectivity index (χ1v) is 11.4. The first-order valence-electron chi connectivity index (χ1n) is 11.1. The standard InChI is InChI=1S/C24H22ClF3N4O4/c1-12-4-5-13(2)19(8-12)36-18-10-16(9-17(11-18)32(34)35)29-23(33)14(3)31-21(15-6-7-15)20(25)22(30-31)24(26,27)28/h4-5,8-11,14-15H,6-7H2,1-3H3,(H,29,33). The van der Waals surface area contributed by atoms with Crippen LogP contribution in [0.15, 0.2) is 36.4 Å². The van der Waals surface area contributed by atoms with Gasteiger partial charge < -0.3 is 10.1 Å². The summed E-state index contributed by atoms with van der Waals surface area (Å²) >= 11 is 6.01. The van der Waals surface area contributed by atoms with Gasteiger partial charge in [0.05, 0.1) is 27.4 Å². The minimum absolute atomic E-state index is 0.0450. The van der Waals surface area contributed by atoms with Crippen LogP contribution in [0.5, 0.6) is 11.5 Å². The summed E-state index contributed by atoms with van der Waals surface area (Å²) in [7, 11) is 0. The molecule has 1 aromatic heterocycles. The largest absolute Gasteiger partial charge is 0.457 e. The number of halogens is 4. The molecule has 1 unspecified atom stereocenters. The number of nitrogens with one attached hydrogen (secondary N) is 1. The molecule has 2 aromatic carbocycles. The van der Waals surface area contributed by atoms with Crippen LogP contribution in [0, 0.1) is 24.0 Å². The molecule has 1 amide bonds. The minimum Gasteiger partial charge on any atom is -0.457 e. The molecule has 0 spiro atoms. The summed E-state index contributed by atoms with van der Waals surface area (Å²) in [6, 6.07) is 8.09. The van der Waals surface area contributed by atoms with Crippen LogP contribution in [0.25, 0.3) is 0 Å². The summed E-state index contributed by atoms with van der Waals surface area (Å²) in [5.74, 6) is -0.336. The van der Waals surface area contributed by atoms with Crippen molar-refractivity contribution in [1.82, 2.24) is 9.78 Å². The molecule has 1 saturated carbocycles. The van der Waals surface area contributed by atoms with Crippen LogP contribution in [0.2, 0.25) is 5.02 Å². The van der Waals surface area contributed by atoms with Crippen molar-refractivity contribution in [2.75, 3.05) is 5.32 Å². The van der Waals surface area contributed by atoms with Gasteiger partial charge >= 0.3 is 6.18 Å². The van der Waals surface area contributed by atoms with Gasteiger partial charge in [-0.15, -0.1) is 0 Å². The fraction of sp³-hybridized carbons (Fsp3) is 0.333. The van der Waals surface area contributed by atoms with E-state index in [0.717, 1.165) is 21.9 Å². The number of amides is 1. The Morgan fingerprint density at radius 3 is 2.56 bits per heavy atom. The Bertz CT molecular complexity index is 1350. The Balaban J connectivity index is 1.64. The van der Waals surface area contributed by atoms with Crippen LogP contribution >= 0.6 is 11.6 Å². The average Bonchev–Trinajstić information content (AvgIpc) is 3.56. The van der Waals surface area contributed by atoms with E-state index in [9.17, 15) is 28.1 Å². The van der Waals surface area contributed by atoms with Crippen molar-refractivity contribution in [2.24, 2.45) is 0 Å². The van der Waals surface area contributed by atoms with E-state index in [2.05, 4.69) is 10.4 Å². The smallest absolute Gasteiger partial charge is 0.436 e. The third-order valence-electron chi connectivity index (χ3n) is 5.81. The molecule has 3 aromatic rings. The molecule has 1 heterocycles. The molecular formula is C24H22ClF3N4O4. The number of alkyl halides is 3. The van der Waals surface area contributed by atoms with Gasteiger partial charge in [0.25, 0.3) is 5.69 Å². The molecule has 12 heteroatoms. The summed E-state index contributed by atoms with van der Waals surface area (Å²) in [5.41, 5.74) is 0.348. The van der Waals surface area contributed by atoms with Gasteiger partial charge in [-0.2, -0.15) is 18.3 Å². The number of hydrogen-bond acceptors (Lipinski definition) is 5. The highest BCUT2D eigenvalue weighted by atomic mass is 35.5. The Morgan fingerprint density at radius 2 is 1.94 bits per heavy atom. The Hall–Kier alpha value is -3.60. The number of benzene rings is 2. The van der Waals surface area contributed by atoms with Crippen molar-refractivity contribution in [3.8, 4) is 11.5 Å². The second-order valence-corrected chi connectivity index (χ2v) is 9.15. The van der Waals surface area contributed by atoms with Crippen molar-refractivity contribution in [3.05, 3.63) is 74.0 Å². The molecule has 0 radical (unpaired) electrons. The van der Waals surface area contributed by atoms with Gasteiger partial charge in [0.1, 0.15) is 17.5 Å². The van der Waals surface area contributed by atoms with E-state index in [1.165, 1.54) is 19.1 Å². The monoisotopic (exact) mass is 522 g/mol. The molecule has 8 nitrogen and oxygen atoms in total. The molecule has 1 atom stereocenters. The molecule has 1 aliphatic rings. The van der Waals surface area contributed by atoms with E-state index < -0.39 is 33.8 Å². The zero-order chi connectivity index (χ0) is 26.4. The number of anilines is 1. The highest BCUT2D eigenvalue weighted by molar-refractivity contribution is 6.32. The fourth-order valence-corrected chi connectivity index (χ4v) is 4.13. The number of aryl methyl sites for hydroxylation is 2. The summed E-state index contributed by atoms with van der Waals surface area (Å²) in [6.45, 7) is 5.07. The van der Waals surface area contributed by atoms with E-state index in [1.54, 1.807) is 6.07 Å². The van der Waals surface area contributed by atoms with E-state index in [1.807, 2.05) is 26.0 Å². The number of aromatic nitrogens is 2. The van der Waals surface area contributed by atoms with Crippen LogP contribution in [-0.4, -0.2) is 20.6 Å². The predicted molar refractivity (Wildman–Crippen MR) is 127 cm³/mol. The van der Waals surface area contributed by atoms with E-state index in [4.69, 9.17) is 16.3 Å². The van der Waals surface area contributed by atoms with Crippen molar-refractivity contribution in [1.29, 1.82) is 0 Å². The van der Waals surface area contributed by atoms with Crippen molar-refractivity contribution in [3.63, 3.8) is 0 Å². The quantitative estimate of drug-likeness (QED) is 0.267. The van der Waals surface area contributed by atoms with Gasteiger partial charge in [0, 0.05) is 18.1 Å². The lowest BCUT2D eigenvalue weighted by atomic mass is 10.1. The first kappa shape index (κ1) is 25.5. The molecular weight excluding hydrogens is 501 g/mol. The Morgan fingerprint density at radius 1 is 1.25 bits per heavy atom. The number of non-ortho nitro benzene ring substituents is 1. The SMILES string of the molecule is Cc1ccc(C)c(Oc2cc(NC(=O)C(C)n3nc(C(F)(F)F)c(Cl)c3C3CC3)cc([N+](=O)[O-])c2)c1. The summed E-state index contributed by atoms with van der Waals surface area (Å²) in [5, 5.41) is 17.1. The number of nitrogens with zero attached hydrogens (tertiary/aromatic N) is 3. The average molecular weight is 523 g/mol. The van der Waals surface area contributed by atoms with Crippen LogP contribution in [0.4, 0.5) is 24.5 Å². The maximum Gasteiger partial charge on any atom is 0.436 e. The third-order valence-corrected chi connectivity index (χ3v) is 6.18. The Labute approximate surface area is 209 Å². The number of rotatable bonds is 7. The molecule has 0 aliphatic heterocycles. The van der Waals surface area contributed by atoms with E-state index in [0.29, 0.717) is 18.6 Å². The van der Waals surface area contributed by atoms with E-state index in [-0.39, 0.29) is 28.7 Å². The number of ether oxygens (including phenoxy) is 1. The van der Waals surface area contributed by atoms with Gasteiger partial charge in [0.2, 0.25) is 5.91 Å². The highest BCUT2D eigenvalue weighted by Gasteiger charge is 2.43. The van der Waals surface area contributed by atoms with Gasteiger partial charge in [-0.1, -0.05) is 23.7 Å². The topological polar surface area (TPSA) is 99.3 Å². The highest BCUT2D eigenvalue weighted by Crippen LogP contribution is 2.47. The molecule has 1 fully saturated rings. The maximum atomic E-state index is 13.4. The third kappa shape index (κ3) is 5.30. The van der Waals surface area contributed by atoms with Crippen molar-refractivity contribution < 1.29 is 27.6 Å². The molecule has 36 heavy (non-hydrogen) atoms. The lowest BCUT2D eigenvalue weighted by molar-refractivity contribution is -0.384. The fourth-order valence-electron chi connectivity index (χ4n) is 3.75. The van der Waals surface area contributed by atoms with Crippen LogP contribution in [0.1, 0.15) is 54.2 Å². The molecule has 0 saturated heterocycles. The molecule has 1 N–H and O–H groups in total. The molecule has 4 rings (SSSR count). The Kier molecular flexibility index (Phi) is 6.70. The minimum atomic E-state index is -4.78. The molecule has 0 bridgehead atoms. The number of carbonyl (C=O) groups is 1. The van der Waals surface area contributed by atoms with Crippen LogP contribution in [0.3, 0.4) is 0 Å². The van der Waals surface area contributed by atoms with E-state index >= 15 is 0 Å². The lowest BCUT2D eigenvalue weighted by Gasteiger charge is -2.16. The number of nitro benzene ring substituents is 1. The zero-order valence-electron chi connectivity index (χ0n) is 19.5. The summed E-state index contributed by atoms with van der Waals surface area (Å²) in [4.78, 5) is 23.9. The van der Waals surface area contributed by atoms with Gasteiger partial charge in [-0.05, 0) is 50.8 Å². The number of carbonyl (C=O) groups excluding carboxylic acids is 1. The number of nitro groups is 1. The van der Waals surface area contributed by atoms with Gasteiger partial charge in [0.15, 0.2) is 5.69 Å². The van der Waals surface area contributed by atoms with Crippen molar-refractivity contribution >= 4 is 28.9 Å². The summed E-state index contributed by atoms with van der Waals surface area (Å²) in [6.07, 6.45) is -3.50.